The number of hydrogen-bond acceptors (Lipinski definition) is 4. The van der Waals surface area contributed by atoms with Crippen LogP contribution in [-0.4, -0.2) is 55.5 Å². The Labute approximate surface area is 126 Å². The minimum atomic E-state index is -0.251. The molecule has 116 valence electrons. The Kier molecular flexibility index (Phi) is 7.46. The monoisotopic (exact) mass is 292 g/mol. The highest BCUT2D eigenvalue weighted by Crippen LogP contribution is 2.04. The zero-order valence-corrected chi connectivity index (χ0v) is 13.0. The van der Waals surface area contributed by atoms with Crippen LogP contribution in [0.2, 0.25) is 0 Å². The van der Waals surface area contributed by atoms with Crippen molar-refractivity contribution in [3.05, 3.63) is 35.9 Å². The largest absolute Gasteiger partial charge is 0.469 e. The highest BCUT2D eigenvalue weighted by atomic mass is 16.5. The zero-order chi connectivity index (χ0) is 15.7. The predicted octanol–water partition coefficient (Wildman–Crippen LogP) is 1.53. The molecule has 0 unspecified atom stereocenters. The second-order valence-electron chi connectivity index (χ2n) is 4.93. The van der Waals surface area contributed by atoms with Crippen molar-refractivity contribution in [2.24, 2.45) is 0 Å². The van der Waals surface area contributed by atoms with Crippen molar-refractivity contribution in [3.63, 3.8) is 0 Å². The Bertz CT molecular complexity index is 448. The fourth-order valence-corrected chi connectivity index (χ4v) is 1.96. The van der Waals surface area contributed by atoms with Gasteiger partial charge in [-0.25, -0.2) is 0 Å². The summed E-state index contributed by atoms with van der Waals surface area (Å²) in [5, 5.41) is 0. The number of nitrogens with zero attached hydrogens (tertiary/aromatic N) is 2. The maximum Gasteiger partial charge on any atom is 0.306 e. The normalized spacial score (nSPS) is 10.5. The van der Waals surface area contributed by atoms with Crippen LogP contribution in [0.15, 0.2) is 30.3 Å². The minimum absolute atomic E-state index is 0.0468. The van der Waals surface area contributed by atoms with Crippen LogP contribution in [0, 0.1) is 0 Å². The number of likely N-dealkylation sites (N-methyl/N-ethyl adjacent to an activating group) is 2. The molecule has 0 spiro atoms. The SMILES string of the molecule is CCN(CCC(=O)OC)CC(=O)N(C)Cc1ccccc1. The smallest absolute Gasteiger partial charge is 0.306 e. The molecule has 5 heteroatoms. The molecule has 0 atom stereocenters. The summed E-state index contributed by atoms with van der Waals surface area (Å²) in [4.78, 5) is 27.0. The lowest BCUT2D eigenvalue weighted by Gasteiger charge is -2.23. The van der Waals surface area contributed by atoms with Crippen LogP contribution in [0.4, 0.5) is 0 Å². The molecule has 0 aliphatic carbocycles. The number of carbonyl (C=O) groups excluding carboxylic acids is 2. The maximum absolute atomic E-state index is 12.2. The van der Waals surface area contributed by atoms with Gasteiger partial charge in [-0.2, -0.15) is 0 Å². The molecular formula is C16H24N2O3. The van der Waals surface area contributed by atoms with Gasteiger partial charge in [-0.15, -0.1) is 0 Å². The van der Waals surface area contributed by atoms with Gasteiger partial charge in [0.2, 0.25) is 5.91 Å². The molecule has 1 aromatic rings. The Hall–Kier alpha value is -1.88. The van der Waals surface area contributed by atoms with Gasteiger partial charge in [0.1, 0.15) is 0 Å². The number of esters is 1. The molecule has 0 fully saturated rings. The highest BCUT2D eigenvalue weighted by Gasteiger charge is 2.14. The lowest BCUT2D eigenvalue weighted by Crippen LogP contribution is -2.39. The average Bonchev–Trinajstić information content (AvgIpc) is 2.51. The number of methoxy groups -OCH3 is 1. The maximum atomic E-state index is 12.2. The van der Waals surface area contributed by atoms with Crippen molar-refractivity contribution < 1.29 is 14.3 Å². The summed E-state index contributed by atoms with van der Waals surface area (Å²) in [6.45, 7) is 4.14. The van der Waals surface area contributed by atoms with E-state index in [4.69, 9.17) is 0 Å². The summed E-state index contributed by atoms with van der Waals surface area (Å²) in [6.07, 6.45) is 0.306. The molecule has 0 radical (unpaired) electrons. The van der Waals surface area contributed by atoms with Crippen molar-refractivity contribution in [3.8, 4) is 0 Å². The second kappa shape index (κ2) is 9.13. The van der Waals surface area contributed by atoms with Crippen LogP contribution in [0.3, 0.4) is 0 Å². The van der Waals surface area contributed by atoms with Crippen LogP contribution in [0.25, 0.3) is 0 Å². The van der Waals surface area contributed by atoms with Crippen molar-refractivity contribution in [1.82, 2.24) is 9.80 Å². The molecule has 0 N–H and O–H groups in total. The van der Waals surface area contributed by atoms with Crippen LogP contribution in [0.1, 0.15) is 18.9 Å². The van der Waals surface area contributed by atoms with Gasteiger partial charge in [-0.05, 0) is 12.1 Å². The third-order valence-corrected chi connectivity index (χ3v) is 3.35. The van der Waals surface area contributed by atoms with Gasteiger partial charge in [-0.3, -0.25) is 14.5 Å². The van der Waals surface area contributed by atoms with Gasteiger partial charge in [0.25, 0.3) is 0 Å². The van der Waals surface area contributed by atoms with E-state index in [1.165, 1.54) is 7.11 Å². The van der Waals surface area contributed by atoms with Crippen molar-refractivity contribution in [2.75, 3.05) is 33.8 Å². The Morgan fingerprint density at radius 1 is 1.19 bits per heavy atom. The Balaban J connectivity index is 2.44. The number of ether oxygens (including phenoxy) is 1. The fraction of sp³-hybridized carbons (Fsp3) is 0.500. The van der Waals surface area contributed by atoms with E-state index in [1.54, 1.807) is 11.9 Å². The Morgan fingerprint density at radius 3 is 2.43 bits per heavy atom. The van der Waals surface area contributed by atoms with E-state index in [0.717, 1.165) is 12.1 Å². The Morgan fingerprint density at radius 2 is 1.86 bits per heavy atom. The molecule has 1 amide bonds. The van der Waals surface area contributed by atoms with E-state index in [0.29, 0.717) is 26.1 Å². The van der Waals surface area contributed by atoms with Crippen molar-refractivity contribution >= 4 is 11.9 Å². The molecule has 1 rings (SSSR count). The second-order valence-corrected chi connectivity index (χ2v) is 4.93. The standard InChI is InChI=1S/C16H24N2O3/c1-4-18(11-10-16(20)21-3)13-15(19)17(2)12-14-8-6-5-7-9-14/h5-9H,4,10-13H2,1-3H3. The van der Waals surface area contributed by atoms with Gasteiger partial charge in [0, 0.05) is 20.1 Å². The van der Waals surface area contributed by atoms with Gasteiger partial charge < -0.3 is 9.64 Å². The molecule has 5 nitrogen and oxygen atoms in total. The molecule has 0 aliphatic heterocycles. The number of hydrogen-bond donors (Lipinski definition) is 0. The summed E-state index contributed by atoms with van der Waals surface area (Å²) < 4.78 is 4.62. The molecule has 21 heavy (non-hydrogen) atoms. The average molecular weight is 292 g/mol. The fourth-order valence-electron chi connectivity index (χ4n) is 1.96. The zero-order valence-electron chi connectivity index (χ0n) is 13.0. The predicted molar refractivity (Wildman–Crippen MR) is 81.7 cm³/mol. The van der Waals surface area contributed by atoms with E-state index in [9.17, 15) is 9.59 Å². The van der Waals surface area contributed by atoms with Gasteiger partial charge in [0.15, 0.2) is 0 Å². The number of rotatable bonds is 8. The molecule has 0 heterocycles. The first-order chi connectivity index (χ1) is 10.1. The number of carbonyl (C=O) groups is 2. The van der Waals surface area contributed by atoms with E-state index >= 15 is 0 Å². The summed E-state index contributed by atoms with van der Waals surface area (Å²) in [6, 6.07) is 9.87. The molecule has 1 aromatic carbocycles. The van der Waals surface area contributed by atoms with Crippen molar-refractivity contribution in [1.29, 1.82) is 0 Å². The molecule has 0 aliphatic rings. The minimum Gasteiger partial charge on any atom is -0.469 e. The topological polar surface area (TPSA) is 49.9 Å². The third-order valence-electron chi connectivity index (χ3n) is 3.35. The molecule has 0 bridgehead atoms. The van der Waals surface area contributed by atoms with Gasteiger partial charge >= 0.3 is 5.97 Å². The summed E-state index contributed by atoms with van der Waals surface area (Å²) in [5.74, 6) is -0.205. The molecular weight excluding hydrogens is 268 g/mol. The first-order valence-corrected chi connectivity index (χ1v) is 7.13. The highest BCUT2D eigenvalue weighted by molar-refractivity contribution is 5.78. The first-order valence-electron chi connectivity index (χ1n) is 7.13. The molecule has 0 saturated heterocycles. The summed E-state index contributed by atoms with van der Waals surface area (Å²) in [5.41, 5.74) is 1.10. The summed E-state index contributed by atoms with van der Waals surface area (Å²) in [7, 11) is 3.17. The van der Waals surface area contributed by atoms with Gasteiger partial charge in [0.05, 0.1) is 20.1 Å². The van der Waals surface area contributed by atoms with E-state index in [1.807, 2.05) is 42.2 Å². The quantitative estimate of drug-likeness (QED) is 0.682. The number of benzene rings is 1. The van der Waals surface area contributed by atoms with Crippen molar-refractivity contribution in [2.45, 2.75) is 19.9 Å². The van der Waals surface area contributed by atoms with Crippen LogP contribution >= 0.6 is 0 Å². The van der Waals surface area contributed by atoms with Crippen LogP contribution < -0.4 is 0 Å². The summed E-state index contributed by atoms with van der Waals surface area (Å²) >= 11 is 0. The van der Waals surface area contributed by atoms with Gasteiger partial charge in [-0.1, -0.05) is 37.3 Å². The van der Waals surface area contributed by atoms with Crippen LogP contribution in [0.5, 0.6) is 0 Å². The van der Waals surface area contributed by atoms with Crippen LogP contribution in [-0.2, 0) is 20.9 Å². The third kappa shape index (κ3) is 6.40. The molecule has 0 aromatic heterocycles. The van der Waals surface area contributed by atoms with E-state index in [-0.39, 0.29) is 11.9 Å². The lowest BCUT2D eigenvalue weighted by molar-refractivity contribution is -0.141. The van der Waals surface area contributed by atoms with E-state index in [2.05, 4.69) is 4.74 Å². The molecule has 0 saturated carbocycles. The lowest BCUT2D eigenvalue weighted by atomic mass is 10.2. The number of amides is 1. The first kappa shape index (κ1) is 17.2. The van der Waals surface area contributed by atoms with E-state index < -0.39 is 0 Å².